The second-order valence-electron chi connectivity index (χ2n) is 4.33. The minimum Gasteiger partial charge on any atom is -0.337 e. The highest BCUT2D eigenvalue weighted by Gasteiger charge is 2.22. The number of hydrogen-bond donors (Lipinski definition) is 0. The fraction of sp³-hybridized carbons (Fsp3) is 0.583. The summed E-state index contributed by atoms with van der Waals surface area (Å²) in [5.74, 6) is 0.159. The standard InChI is InChI=1S/C12H16BrNOS/c1-8(7-13)14(2)12(15)11-6-9-4-3-5-10(9)16-11/h6,8H,3-5,7H2,1-2H3. The van der Waals surface area contributed by atoms with Crippen molar-refractivity contribution in [3.8, 4) is 0 Å². The van der Waals surface area contributed by atoms with E-state index < -0.39 is 0 Å². The third kappa shape index (κ3) is 2.18. The van der Waals surface area contributed by atoms with E-state index in [-0.39, 0.29) is 11.9 Å². The molecule has 1 amide bonds. The van der Waals surface area contributed by atoms with Crippen LogP contribution in [0.5, 0.6) is 0 Å². The third-order valence-electron chi connectivity index (χ3n) is 3.16. The number of fused-ring (bicyclic) bond motifs is 1. The molecular formula is C12H16BrNOS. The van der Waals surface area contributed by atoms with Gasteiger partial charge in [-0.15, -0.1) is 11.3 Å². The van der Waals surface area contributed by atoms with E-state index in [1.807, 2.05) is 18.9 Å². The molecule has 0 bridgehead atoms. The number of nitrogens with zero attached hydrogens (tertiary/aromatic N) is 1. The molecule has 0 aliphatic heterocycles. The molecule has 0 saturated carbocycles. The summed E-state index contributed by atoms with van der Waals surface area (Å²) in [5.41, 5.74) is 1.40. The molecular weight excluding hydrogens is 286 g/mol. The molecule has 1 unspecified atom stereocenters. The van der Waals surface area contributed by atoms with Gasteiger partial charge in [0.2, 0.25) is 0 Å². The molecule has 1 aromatic rings. The Hall–Kier alpha value is -0.350. The Morgan fingerprint density at radius 3 is 3.00 bits per heavy atom. The predicted molar refractivity (Wildman–Crippen MR) is 71.7 cm³/mol. The van der Waals surface area contributed by atoms with Gasteiger partial charge in [0.25, 0.3) is 5.91 Å². The first-order valence-corrected chi connectivity index (χ1v) is 7.52. The number of alkyl halides is 1. The van der Waals surface area contributed by atoms with Crippen LogP contribution in [0.3, 0.4) is 0 Å². The summed E-state index contributed by atoms with van der Waals surface area (Å²) in [7, 11) is 1.87. The van der Waals surface area contributed by atoms with Crippen LogP contribution in [-0.4, -0.2) is 29.2 Å². The van der Waals surface area contributed by atoms with Crippen LogP contribution in [0.25, 0.3) is 0 Å². The third-order valence-corrected chi connectivity index (χ3v) is 5.32. The molecule has 0 spiro atoms. The number of halogens is 1. The Labute approximate surface area is 109 Å². The Morgan fingerprint density at radius 2 is 2.38 bits per heavy atom. The van der Waals surface area contributed by atoms with Gasteiger partial charge in [-0.3, -0.25) is 4.79 Å². The fourth-order valence-electron chi connectivity index (χ4n) is 1.91. The fourth-order valence-corrected chi connectivity index (χ4v) is 3.58. The molecule has 1 atom stereocenters. The number of carbonyl (C=O) groups excluding carboxylic acids is 1. The van der Waals surface area contributed by atoms with Gasteiger partial charge in [0.15, 0.2) is 0 Å². The SMILES string of the molecule is CC(CBr)N(C)C(=O)c1cc2c(s1)CCC2. The lowest BCUT2D eigenvalue weighted by Gasteiger charge is -2.22. The molecule has 0 saturated heterocycles. The molecule has 1 aliphatic carbocycles. The highest BCUT2D eigenvalue weighted by Crippen LogP contribution is 2.31. The molecule has 2 rings (SSSR count). The Bertz CT molecular complexity index is 380. The van der Waals surface area contributed by atoms with Crippen LogP contribution < -0.4 is 0 Å². The maximum Gasteiger partial charge on any atom is 0.263 e. The molecule has 0 aromatic carbocycles. The van der Waals surface area contributed by atoms with E-state index in [0.717, 1.165) is 23.0 Å². The summed E-state index contributed by atoms with van der Waals surface area (Å²) in [6.45, 7) is 2.05. The minimum atomic E-state index is 0.159. The van der Waals surface area contributed by atoms with Crippen molar-refractivity contribution < 1.29 is 4.79 Å². The van der Waals surface area contributed by atoms with Crippen LogP contribution in [0.1, 0.15) is 33.5 Å². The maximum absolute atomic E-state index is 12.2. The molecule has 0 radical (unpaired) electrons. The van der Waals surface area contributed by atoms with Gasteiger partial charge in [-0.1, -0.05) is 15.9 Å². The lowest BCUT2D eigenvalue weighted by atomic mass is 10.2. The van der Waals surface area contributed by atoms with Crippen molar-refractivity contribution >= 4 is 33.2 Å². The number of hydrogen-bond acceptors (Lipinski definition) is 2. The second kappa shape index (κ2) is 4.88. The zero-order valence-corrected chi connectivity index (χ0v) is 12.0. The zero-order valence-electron chi connectivity index (χ0n) is 9.62. The Morgan fingerprint density at radius 1 is 1.62 bits per heavy atom. The van der Waals surface area contributed by atoms with Gasteiger partial charge in [0.05, 0.1) is 4.88 Å². The average molecular weight is 302 g/mol. The van der Waals surface area contributed by atoms with Crippen molar-refractivity contribution in [3.63, 3.8) is 0 Å². The van der Waals surface area contributed by atoms with Crippen molar-refractivity contribution in [2.24, 2.45) is 0 Å². The van der Waals surface area contributed by atoms with Crippen molar-refractivity contribution in [2.45, 2.75) is 32.2 Å². The molecule has 1 aliphatic rings. The van der Waals surface area contributed by atoms with Crippen LogP contribution in [-0.2, 0) is 12.8 Å². The highest BCUT2D eigenvalue weighted by atomic mass is 79.9. The van der Waals surface area contributed by atoms with Gasteiger partial charge in [0, 0.05) is 23.3 Å². The van der Waals surface area contributed by atoms with Crippen LogP contribution in [0.2, 0.25) is 0 Å². The number of carbonyl (C=O) groups is 1. The van der Waals surface area contributed by atoms with Crippen LogP contribution in [0.4, 0.5) is 0 Å². The van der Waals surface area contributed by atoms with E-state index in [2.05, 4.69) is 22.0 Å². The van der Waals surface area contributed by atoms with Crippen LogP contribution in [0, 0.1) is 0 Å². The monoisotopic (exact) mass is 301 g/mol. The first-order chi connectivity index (χ1) is 7.63. The topological polar surface area (TPSA) is 20.3 Å². The van der Waals surface area contributed by atoms with Gasteiger partial charge in [-0.2, -0.15) is 0 Å². The zero-order chi connectivity index (χ0) is 11.7. The van der Waals surface area contributed by atoms with Gasteiger partial charge in [-0.05, 0) is 37.8 Å². The first-order valence-electron chi connectivity index (χ1n) is 5.58. The van der Waals surface area contributed by atoms with E-state index in [4.69, 9.17) is 0 Å². The average Bonchev–Trinajstić information content (AvgIpc) is 2.85. The van der Waals surface area contributed by atoms with Crippen LogP contribution in [0.15, 0.2) is 6.07 Å². The van der Waals surface area contributed by atoms with Crippen molar-refractivity contribution in [2.75, 3.05) is 12.4 Å². The smallest absolute Gasteiger partial charge is 0.263 e. The van der Waals surface area contributed by atoms with E-state index in [1.165, 1.54) is 16.9 Å². The summed E-state index contributed by atoms with van der Waals surface area (Å²) in [5, 5.41) is 0.820. The van der Waals surface area contributed by atoms with Crippen LogP contribution >= 0.6 is 27.3 Å². The lowest BCUT2D eigenvalue weighted by molar-refractivity contribution is 0.0763. The quantitative estimate of drug-likeness (QED) is 0.786. The van der Waals surface area contributed by atoms with E-state index in [1.54, 1.807) is 11.3 Å². The number of thiophene rings is 1. The van der Waals surface area contributed by atoms with E-state index in [9.17, 15) is 4.79 Å². The maximum atomic E-state index is 12.2. The Kier molecular flexibility index (Phi) is 3.70. The van der Waals surface area contributed by atoms with Crippen molar-refractivity contribution in [1.82, 2.24) is 4.90 Å². The van der Waals surface area contributed by atoms with Gasteiger partial charge < -0.3 is 4.90 Å². The molecule has 0 N–H and O–H groups in total. The second-order valence-corrected chi connectivity index (χ2v) is 6.12. The Balaban J connectivity index is 2.15. The normalized spacial score (nSPS) is 15.9. The van der Waals surface area contributed by atoms with E-state index in [0.29, 0.717) is 0 Å². The van der Waals surface area contributed by atoms with Gasteiger partial charge in [0.1, 0.15) is 0 Å². The predicted octanol–water partition coefficient (Wildman–Crippen LogP) is 3.09. The van der Waals surface area contributed by atoms with Crippen molar-refractivity contribution in [3.05, 3.63) is 21.4 Å². The summed E-state index contributed by atoms with van der Waals surface area (Å²) in [6, 6.07) is 2.33. The molecule has 1 heterocycles. The molecule has 1 aromatic heterocycles. The number of aryl methyl sites for hydroxylation is 2. The largest absolute Gasteiger partial charge is 0.337 e. The van der Waals surface area contributed by atoms with Crippen molar-refractivity contribution in [1.29, 1.82) is 0 Å². The first kappa shape index (κ1) is 12.1. The number of rotatable bonds is 3. The summed E-state index contributed by atoms with van der Waals surface area (Å²) in [6.07, 6.45) is 3.56. The van der Waals surface area contributed by atoms with Gasteiger partial charge >= 0.3 is 0 Å². The molecule has 0 fully saturated rings. The summed E-state index contributed by atoms with van der Waals surface area (Å²) in [4.78, 5) is 16.3. The highest BCUT2D eigenvalue weighted by molar-refractivity contribution is 9.09. The van der Waals surface area contributed by atoms with Gasteiger partial charge in [-0.25, -0.2) is 0 Å². The lowest BCUT2D eigenvalue weighted by Crippen LogP contribution is -2.35. The molecule has 88 valence electrons. The minimum absolute atomic E-state index is 0.159. The molecule has 2 nitrogen and oxygen atoms in total. The molecule has 16 heavy (non-hydrogen) atoms. The molecule has 4 heteroatoms. The number of amides is 1. The van der Waals surface area contributed by atoms with E-state index >= 15 is 0 Å². The summed E-state index contributed by atoms with van der Waals surface area (Å²) >= 11 is 5.09. The summed E-state index contributed by atoms with van der Waals surface area (Å²) < 4.78 is 0.